The summed E-state index contributed by atoms with van der Waals surface area (Å²) in [5, 5.41) is 3.70. The second kappa shape index (κ2) is 7.41. The van der Waals surface area contributed by atoms with Gasteiger partial charge in [-0.15, -0.1) is 0 Å². The van der Waals surface area contributed by atoms with E-state index < -0.39 is 0 Å². The van der Waals surface area contributed by atoms with E-state index in [1.807, 2.05) is 0 Å². The zero-order chi connectivity index (χ0) is 13.7. The fraction of sp³-hybridized carbons (Fsp3) is 0.625. The predicted molar refractivity (Wildman–Crippen MR) is 85.3 cm³/mol. The van der Waals surface area contributed by atoms with E-state index >= 15 is 0 Å². The standard InChI is InChI=1S/C16H25BrN2/c1-3-19-10-6-8-15(12-19)13(2)18-11-14-7-4-5-9-16(14)17/h4-5,7,9,13,15,18H,3,6,8,10-12H2,1-2H3. The number of nitrogens with one attached hydrogen (secondary N) is 1. The average molecular weight is 325 g/mol. The molecule has 1 N–H and O–H groups in total. The monoisotopic (exact) mass is 324 g/mol. The molecule has 1 heterocycles. The topological polar surface area (TPSA) is 15.3 Å². The van der Waals surface area contributed by atoms with Crippen LogP contribution in [-0.2, 0) is 6.54 Å². The zero-order valence-electron chi connectivity index (χ0n) is 12.0. The highest BCUT2D eigenvalue weighted by molar-refractivity contribution is 9.10. The van der Waals surface area contributed by atoms with Crippen LogP contribution in [0.2, 0.25) is 0 Å². The lowest BCUT2D eigenvalue weighted by Crippen LogP contribution is -2.44. The number of benzene rings is 1. The summed E-state index contributed by atoms with van der Waals surface area (Å²) in [5.41, 5.74) is 1.34. The maximum absolute atomic E-state index is 3.70. The second-order valence-electron chi connectivity index (χ2n) is 5.56. The van der Waals surface area contributed by atoms with Crippen molar-refractivity contribution in [2.75, 3.05) is 19.6 Å². The molecule has 3 heteroatoms. The summed E-state index contributed by atoms with van der Waals surface area (Å²) in [7, 11) is 0. The quantitative estimate of drug-likeness (QED) is 0.889. The van der Waals surface area contributed by atoms with E-state index in [1.165, 1.54) is 42.5 Å². The number of hydrogen-bond donors (Lipinski definition) is 1. The zero-order valence-corrected chi connectivity index (χ0v) is 13.6. The van der Waals surface area contributed by atoms with Crippen molar-refractivity contribution in [2.45, 2.75) is 39.3 Å². The third-order valence-electron chi connectivity index (χ3n) is 4.27. The predicted octanol–water partition coefficient (Wildman–Crippen LogP) is 3.66. The van der Waals surface area contributed by atoms with Gasteiger partial charge >= 0.3 is 0 Å². The van der Waals surface area contributed by atoms with Gasteiger partial charge in [-0.1, -0.05) is 41.1 Å². The molecular formula is C16H25BrN2. The summed E-state index contributed by atoms with van der Waals surface area (Å²) in [6.07, 6.45) is 2.71. The van der Waals surface area contributed by atoms with Crippen LogP contribution in [0.15, 0.2) is 28.7 Å². The first-order valence-electron chi connectivity index (χ1n) is 7.40. The van der Waals surface area contributed by atoms with E-state index in [-0.39, 0.29) is 0 Å². The molecule has 2 nitrogen and oxygen atoms in total. The smallest absolute Gasteiger partial charge is 0.0220 e. The minimum Gasteiger partial charge on any atom is -0.310 e. The third-order valence-corrected chi connectivity index (χ3v) is 5.04. The van der Waals surface area contributed by atoms with Gasteiger partial charge in [-0.2, -0.15) is 0 Å². The van der Waals surface area contributed by atoms with Gasteiger partial charge in [0.2, 0.25) is 0 Å². The highest BCUT2D eigenvalue weighted by Gasteiger charge is 2.23. The van der Waals surface area contributed by atoms with Crippen LogP contribution in [0.3, 0.4) is 0 Å². The van der Waals surface area contributed by atoms with Crippen molar-refractivity contribution in [2.24, 2.45) is 5.92 Å². The molecule has 2 atom stereocenters. The Hall–Kier alpha value is -0.380. The molecule has 0 spiro atoms. The lowest BCUT2D eigenvalue weighted by atomic mass is 9.91. The minimum absolute atomic E-state index is 0.585. The second-order valence-corrected chi connectivity index (χ2v) is 6.41. The van der Waals surface area contributed by atoms with Gasteiger partial charge in [-0.25, -0.2) is 0 Å². The first kappa shape index (κ1) is 15.0. The maximum atomic E-state index is 3.70. The molecule has 1 saturated heterocycles. The molecule has 0 amide bonds. The fourth-order valence-electron chi connectivity index (χ4n) is 2.87. The van der Waals surface area contributed by atoms with Crippen LogP contribution in [0.25, 0.3) is 0 Å². The largest absolute Gasteiger partial charge is 0.310 e. The van der Waals surface area contributed by atoms with Crippen molar-refractivity contribution in [3.05, 3.63) is 34.3 Å². The van der Waals surface area contributed by atoms with Crippen LogP contribution in [-0.4, -0.2) is 30.6 Å². The molecule has 1 aliphatic heterocycles. The Balaban J connectivity index is 1.84. The number of likely N-dealkylation sites (tertiary alicyclic amines) is 1. The van der Waals surface area contributed by atoms with Crippen LogP contribution < -0.4 is 5.32 Å². The highest BCUT2D eigenvalue weighted by atomic mass is 79.9. The molecule has 0 aromatic heterocycles. The summed E-state index contributed by atoms with van der Waals surface area (Å²) < 4.78 is 1.20. The summed E-state index contributed by atoms with van der Waals surface area (Å²) in [4.78, 5) is 2.57. The molecule has 0 saturated carbocycles. The number of rotatable bonds is 5. The minimum atomic E-state index is 0.585. The van der Waals surface area contributed by atoms with Gasteiger partial charge in [0.15, 0.2) is 0 Å². The number of nitrogens with zero attached hydrogens (tertiary/aromatic N) is 1. The van der Waals surface area contributed by atoms with E-state index in [2.05, 4.69) is 64.3 Å². The summed E-state index contributed by atoms with van der Waals surface area (Å²) in [6, 6.07) is 9.05. The Morgan fingerprint density at radius 1 is 1.42 bits per heavy atom. The fourth-order valence-corrected chi connectivity index (χ4v) is 3.29. The van der Waals surface area contributed by atoms with Crippen LogP contribution in [0.5, 0.6) is 0 Å². The average Bonchev–Trinajstić information content (AvgIpc) is 2.46. The summed E-state index contributed by atoms with van der Waals surface area (Å²) in [6.45, 7) is 9.27. The normalized spacial score (nSPS) is 22.4. The summed E-state index contributed by atoms with van der Waals surface area (Å²) in [5.74, 6) is 0.788. The number of halogens is 1. The summed E-state index contributed by atoms with van der Waals surface area (Å²) >= 11 is 3.61. The Labute approximate surface area is 125 Å². The molecule has 0 radical (unpaired) electrons. The molecule has 2 rings (SSSR count). The van der Waals surface area contributed by atoms with Crippen LogP contribution in [0.4, 0.5) is 0 Å². The maximum Gasteiger partial charge on any atom is 0.0220 e. The van der Waals surface area contributed by atoms with Gasteiger partial charge in [0, 0.05) is 23.6 Å². The molecule has 0 bridgehead atoms. The molecule has 1 aromatic rings. The van der Waals surface area contributed by atoms with Gasteiger partial charge < -0.3 is 10.2 Å². The highest BCUT2D eigenvalue weighted by Crippen LogP contribution is 2.21. The Morgan fingerprint density at radius 3 is 2.95 bits per heavy atom. The van der Waals surface area contributed by atoms with Gasteiger partial charge in [0.25, 0.3) is 0 Å². The Bertz CT molecular complexity index is 394. The van der Waals surface area contributed by atoms with E-state index in [0.29, 0.717) is 6.04 Å². The van der Waals surface area contributed by atoms with E-state index in [0.717, 1.165) is 12.5 Å². The molecule has 1 aromatic carbocycles. The van der Waals surface area contributed by atoms with Crippen molar-refractivity contribution < 1.29 is 0 Å². The van der Waals surface area contributed by atoms with E-state index in [1.54, 1.807) is 0 Å². The Morgan fingerprint density at radius 2 is 2.21 bits per heavy atom. The van der Waals surface area contributed by atoms with Crippen molar-refractivity contribution in [1.82, 2.24) is 10.2 Å². The lowest BCUT2D eigenvalue weighted by molar-refractivity contribution is 0.157. The van der Waals surface area contributed by atoms with Crippen molar-refractivity contribution in [3.63, 3.8) is 0 Å². The first-order valence-corrected chi connectivity index (χ1v) is 8.19. The first-order chi connectivity index (χ1) is 9.20. The SMILES string of the molecule is CCN1CCCC(C(C)NCc2ccccc2Br)C1. The molecule has 0 aliphatic carbocycles. The van der Waals surface area contributed by atoms with E-state index in [4.69, 9.17) is 0 Å². The van der Waals surface area contributed by atoms with Crippen molar-refractivity contribution >= 4 is 15.9 Å². The van der Waals surface area contributed by atoms with Gasteiger partial charge in [0.1, 0.15) is 0 Å². The van der Waals surface area contributed by atoms with Crippen LogP contribution in [0.1, 0.15) is 32.3 Å². The van der Waals surface area contributed by atoms with E-state index in [9.17, 15) is 0 Å². The third kappa shape index (κ3) is 4.30. The van der Waals surface area contributed by atoms with Crippen LogP contribution >= 0.6 is 15.9 Å². The molecule has 2 unspecified atom stereocenters. The Kier molecular flexibility index (Phi) is 5.86. The number of piperidine rings is 1. The molecule has 1 aliphatic rings. The van der Waals surface area contributed by atoms with Gasteiger partial charge in [-0.05, 0) is 50.4 Å². The molecule has 106 valence electrons. The molecule has 19 heavy (non-hydrogen) atoms. The van der Waals surface area contributed by atoms with Gasteiger partial charge in [0.05, 0.1) is 0 Å². The van der Waals surface area contributed by atoms with Crippen molar-refractivity contribution in [3.8, 4) is 0 Å². The molecule has 1 fully saturated rings. The number of hydrogen-bond acceptors (Lipinski definition) is 2. The van der Waals surface area contributed by atoms with Crippen LogP contribution in [0, 0.1) is 5.92 Å². The van der Waals surface area contributed by atoms with Gasteiger partial charge in [-0.3, -0.25) is 0 Å². The lowest BCUT2D eigenvalue weighted by Gasteiger charge is -2.35. The molecular weight excluding hydrogens is 300 g/mol. The van der Waals surface area contributed by atoms with Crippen molar-refractivity contribution in [1.29, 1.82) is 0 Å².